The molecule has 1 amide bonds. The number of aromatic nitrogens is 3. The maximum atomic E-state index is 11.5. The summed E-state index contributed by atoms with van der Waals surface area (Å²) in [6, 6.07) is 6.30. The maximum Gasteiger partial charge on any atom is 0.233 e. The van der Waals surface area contributed by atoms with Gasteiger partial charge in [0.1, 0.15) is 5.82 Å². The molecule has 1 aliphatic rings. The molecule has 9 heteroatoms. The van der Waals surface area contributed by atoms with Crippen molar-refractivity contribution in [1.82, 2.24) is 35.4 Å². The number of carbonyl (C=O) groups is 1. The number of aryl methyl sites for hydroxylation is 1. The van der Waals surface area contributed by atoms with Crippen LogP contribution in [0.3, 0.4) is 0 Å². The van der Waals surface area contributed by atoms with Gasteiger partial charge in [-0.05, 0) is 38.3 Å². The molecule has 2 aromatic rings. The van der Waals surface area contributed by atoms with Gasteiger partial charge in [0.2, 0.25) is 5.91 Å². The Bertz CT molecular complexity index is 810. The minimum absolute atomic E-state index is 0.0757. The van der Waals surface area contributed by atoms with Crippen molar-refractivity contribution in [2.75, 3.05) is 39.8 Å². The van der Waals surface area contributed by atoms with E-state index < -0.39 is 0 Å². The molecule has 29 heavy (non-hydrogen) atoms. The molecule has 2 aromatic heterocycles. The van der Waals surface area contributed by atoms with Gasteiger partial charge in [-0.25, -0.2) is 0 Å². The molecule has 0 aromatic carbocycles. The highest BCUT2D eigenvalue weighted by Crippen LogP contribution is 2.10. The molecule has 1 saturated heterocycles. The predicted molar refractivity (Wildman–Crippen MR) is 114 cm³/mol. The summed E-state index contributed by atoms with van der Waals surface area (Å²) in [7, 11) is 1.68. The molecule has 0 saturated carbocycles. The van der Waals surface area contributed by atoms with Gasteiger partial charge in [0, 0.05) is 51.9 Å². The van der Waals surface area contributed by atoms with Crippen LogP contribution in [0.25, 0.3) is 5.65 Å². The molecular formula is C20H32N8O. The molecule has 1 aliphatic heterocycles. The summed E-state index contributed by atoms with van der Waals surface area (Å²) in [5.74, 6) is 1.91. The number of carbonyl (C=O) groups excluding carboxylic acids is 1. The summed E-state index contributed by atoms with van der Waals surface area (Å²) in [5.41, 5.74) is 0.878. The molecular weight excluding hydrogens is 368 g/mol. The van der Waals surface area contributed by atoms with Crippen LogP contribution < -0.4 is 16.0 Å². The van der Waals surface area contributed by atoms with Crippen molar-refractivity contribution in [2.24, 2.45) is 4.99 Å². The number of likely N-dealkylation sites (tertiary alicyclic amines) is 1. The fraction of sp³-hybridized carbons (Fsp3) is 0.600. The zero-order valence-electron chi connectivity index (χ0n) is 17.4. The molecule has 0 aliphatic carbocycles. The van der Waals surface area contributed by atoms with Crippen LogP contribution in [0.15, 0.2) is 29.4 Å². The molecule has 3 heterocycles. The van der Waals surface area contributed by atoms with Crippen LogP contribution in [0.4, 0.5) is 0 Å². The zero-order chi connectivity index (χ0) is 20.5. The topological polar surface area (TPSA) is 98.9 Å². The van der Waals surface area contributed by atoms with Crippen LogP contribution in [-0.2, 0) is 11.2 Å². The van der Waals surface area contributed by atoms with E-state index in [1.807, 2.05) is 28.8 Å². The summed E-state index contributed by atoms with van der Waals surface area (Å²) in [6.45, 7) is 5.96. The van der Waals surface area contributed by atoms with Gasteiger partial charge in [-0.15, -0.1) is 10.2 Å². The highest BCUT2D eigenvalue weighted by atomic mass is 16.1. The van der Waals surface area contributed by atoms with Crippen molar-refractivity contribution in [2.45, 2.75) is 38.6 Å². The largest absolute Gasteiger partial charge is 0.358 e. The fourth-order valence-corrected chi connectivity index (χ4v) is 3.52. The Kier molecular flexibility index (Phi) is 7.80. The average Bonchev–Trinajstić information content (AvgIpc) is 3.15. The Morgan fingerprint density at radius 2 is 2.10 bits per heavy atom. The van der Waals surface area contributed by atoms with E-state index in [-0.39, 0.29) is 5.91 Å². The molecule has 0 spiro atoms. The van der Waals surface area contributed by atoms with Crippen LogP contribution in [0.2, 0.25) is 0 Å². The third-order valence-corrected chi connectivity index (χ3v) is 5.13. The van der Waals surface area contributed by atoms with E-state index in [2.05, 4.69) is 38.0 Å². The van der Waals surface area contributed by atoms with Crippen molar-refractivity contribution in [3.8, 4) is 0 Å². The van der Waals surface area contributed by atoms with Gasteiger partial charge in [-0.2, -0.15) is 0 Å². The average molecular weight is 401 g/mol. The molecule has 1 fully saturated rings. The summed E-state index contributed by atoms with van der Waals surface area (Å²) in [4.78, 5) is 18.4. The van der Waals surface area contributed by atoms with Gasteiger partial charge in [0.05, 0.1) is 6.54 Å². The van der Waals surface area contributed by atoms with Gasteiger partial charge in [-0.3, -0.25) is 19.1 Å². The second-order valence-electron chi connectivity index (χ2n) is 7.28. The van der Waals surface area contributed by atoms with Crippen LogP contribution in [-0.4, -0.2) is 77.2 Å². The lowest BCUT2D eigenvalue weighted by molar-refractivity contribution is -0.122. The lowest BCUT2D eigenvalue weighted by Crippen LogP contribution is -2.50. The van der Waals surface area contributed by atoms with E-state index in [0.29, 0.717) is 12.6 Å². The van der Waals surface area contributed by atoms with Crippen molar-refractivity contribution in [1.29, 1.82) is 0 Å². The van der Waals surface area contributed by atoms with Crippen LogP contribution in [0.5, 0.6) is 0 Å². The van der Waals surface area contributed by atoms with Crippen LogP contribution in [0.1, 0.15) is 32.0 Å². The Morgan fingerprint density at radius 1 is 1.28 bits per heavy atom. The second kappa shape index (κ2) is 10.8. The number of fused-ring (bicyclic) bond motifs is 1. The zero-order valence-corrected chi connectivity index (χ0v) is 17.4. The molecule has 9 nitrogen and oxygen atoms in total. The number of aliphatic imine (C=N–C) groups is 1. The van der Waals surface area contributed by atoms with E-state index in [4.69, 9.17) is 4.99 Å². The normalized spacial score (nSPS) is 16.1. The third-order valence-electron chi connectivity index (χ3n) is 5.13. The monoisotopic (exact) mass is 400 g/mol. The number of hydrogen-bond acceptors (Lipinski definition) is 5. The summed E-state index contributed by atoms with van der Waals surface area (Å²) in [5, 5.41) is 18.0. The van der Waals surface area contributed by atoms with E-state index >= 15 is 0 Å². The van der Waals surface area contributed by atoms with Crippen molar-refractivity contribution >= 4 is 17.5 Å². The highest BCUT2D eigenvalue weighted by Gasteiger charge is 2.21. The first kappa shape index (κ1) is 21.0. The number of hydrogen-bond donors (Lipinski definition) is 3. The molecule has 0 radical (unpaired) electrons. The number of nitrogens with zero attached hydrogens (tertiary/aromatic N) is 5. The maximum absolute atomic E-state index is 11.5. The molecule has 3 N–H and O–H groups in total. The lowest BCUT2D eigenvalue weighted by Gasteiger charge is -2.32. The quantitative estimate of drug-likeness (QED) is 0.338. The summed E-state index contributed by atoms with van der Waals surface area (Å²) >= 11 is 0. The molecule has 0 bridgehead atoms. The van der Waals surface area contributed by atoms with Gasteiger partial charge >= 0.3 is 0 Å². The number of likely N-dealkylation sites (N-methyl/N-ethyl adjacent to an activating group) is 1. The van der Waals surface area contributed by atoms with E-state index in [9.17, 15) is 4.79 Å². The summed E-state index contributed by atoms with van der Waals surface area (Å²) < 4.78 is 2.03. The summed E-state index contributed by atoms with van der Waals surface area (Å²) in [6.07, 6.45) is 5.76. The Hall–Kier alpha value is -2.68. The second-order valence-corrected chi connectivity index (χ2v) is 7.28. The highest BCUT2D eigenvalue weighted by molar-refractivity contribution is 5.80. The van der Waals surface area contributed by atoms with Gasteiger partial charge in [0.15, 0.2) is 11.6 Å². The first-order chi connectivity index (χ1) is 14.2. The SMILES string of the molecule is CCNC(=NCCCc1nnc2ccccn12)NC1CCN(CC(=O)NC)CC1. The lowest BCUT2D eigenvalue weighted by atomic mass is 10.1. The van der Waals surface area contributed by atoms with Crippen molar-refractivity contribution < 1.29 is 4.79 Å². The van der Waals surface area contributed by atoms with E-state index in [0.717, 1.165) is 69.3 Å². The van der Waals surface area contributed by atoms with Crippen LogP contribution in [0, 0.1) is 0 Å². The number of amides is 1. The number of piperidine rings is 1. The number of nitrogens with one attached hydrogen (secondary N) is 3. The van der Waals surface area contributed by atoms with Crippen LogP contribution >= 0.6 is 0 Å². The minimum atomic E-state index is 0.0757. The first-order valence-corrected chi connectivity index (χ1v) is 10.5. The number of pyridine rings is 1. The Balaban J connectivity index is 1.44. The Morgan fingerprint density at radius 3 is 2.86 bits per heavy atom. The van der Waals surface area contributed by atoms with Crippen molar-refractivity contribution in [3.63, 3.8) is 0 Å². The molecule has 0 atom stereocenters. The standard InChI is InChI=1S/C20H32N8O/c1-3-22-20(24-16-9-13-27(14-10-16)15-19(29)21-2)23-11-6-8-18-26-25-17-7-4-5-12-28(17)18/h4-5,7,12,16H,3,6,8-11,13-15H2,1-2H3,(H,21,29)(H2,22,23,24). The Labute approximate surface area is 172 Å². The van der Waals surface area contributed by atoms with Gasteiger partial charge < -0.3 is 16.0 Å². The number of rotatable bonds is 8. The molecule has 3 rings (SSSR count). The fourth-order valence-electron chi connectivity index (χ4n) is 3.52. The molecule has 0 unspecified atom stereocenters. The predicted octanol–water partition coefficient (Wildman–Crippen LogP) is 0.427. The third kappa shape index (κ3) is 6.15. The smallest absolute Gasteiger partial charge is 0.233 e. The minimum Gasteiger partial charge on any atom is -0.358 e. The van der Waals surface area contributed by atoms with Gasteiger partial charge in [0.25, 0.3) is 0 Å². The van der Waals surface area contributed by atoms with E-state index in [1.165, 1.54) is 0 Å². The van der Waals surface area contributed by atoms with E-state index in [1.54, 1.807) is 7.05 Å². The first-order valence-electron chi connectivity index (χ1n) is 10.5. The molecule has 158 valence electrons. The van der Waals surface area contributed by atoms with Crippen molar-refractivity contribution in [3.05, 3.63) is 30.2 Å². The number of guanidine groups is 1. The van der Waals surface area contributed by atoms with Gasteiger partial charge in [-0.1, -0.05) is 6.07 Å².